The lowest BCUT2D eigenvalue weighted by Gasteiger charge is -2.18. The van der Waals surface area contributed by atoms with Crippen molar-refractivity contribution in [3.63, 3.8) is 0 Å². The zero-order valence-electron chi connectivity index (χ0n) is 10.8. The zero-order valence-corrected chi connectivity index (χ0v) is 11.6. The predicted octanol–water partition coefficient (Wildman–Crippen LogP) is 2.70. The second kappa shape index (κ2) is 7.45. The number of hydrogen-bond donors (Lipinski definition) is 2. The molecule has 0 bridgehead atoms. The van der Waals surface area contributed by atoms with Crippen molar-refractivity contribution >= 4 is 17.2 Å². The minimum Gasteiger partial charge on any atom is -0.355 e. The Morgan fingerprint density at radius 1 is 1.47 bits per heavy atom. The molecule has 0 saturated carbocycles. The Labute approximate surface area is 108 Å². The molecule has 1 aromatic heterocycles. The van der Waals surface area contributed by atoms with Gasteiger partial charge >= 0.3 is 0 Å². The molecule has 1 heterocycles. The standard InChI is InChI=1S/C13H22N2OS/c1-4-5-8-14-13(16)11(3)15-10(2)12-7-6-9-17-12/h6-7,9-11,15H,4-5,8H2,1-3H3,(H,14,16). The van der Waals surface area contributed by atoms with Crippen molar-refractivity contribution in [2.24, 2.45) is 0 Å². The molecule has 0 aliphatic carbocycles. The number of amides is 1. The highest BCUT2D eigenvalue weighted by Gasteiger charge is 2.15. The van der Waals surface area contributed by atoms with Crippen molar-refractivity contribution in [3.05, 3.63) is 22.4 Å². The van der Waals surface area contributed by atoms with Gasteiger partial charge in [0.15, 0.2) is 0 Å². The van der Waals surface area contributed by atoms with Crippen molar-refractivity contribution in [3.8, 4) is 0 Å². The summed E-state index contributed by atoms with van der Waals surface area (Å²) in [5, 5.41) is 8.30. The van der Waals surface area contributed by atoms with Crippen LogP contribution in [-0.4, -0.2) is 18.5 Å². The van der Waals surface area contributed by atoms with Crippen molar-refractivity contribution in [1.29, 1.82) is 0 Å². The van der Waals surface area contributed by atoms with E-state index in [9.17, 15) is 4.79 Å². The molecule has 1 amide bonds. The molecule has 1 aromatic rings. The lowest BCUT2D eigenvalue weighted by molar-refractivity contribution is -0.122. The van der Waals surface area contributed by atoms with E-state index in [0.717, 1.165) is 19.4 Å². The first-order valence-electron chi connectivity index (χ1n) is 6.22. The molecule has 0 fully saturated rings. The summed E-state index contributed by atoms with van der Waals surface area (Å²) in [6.07, 6.45) is 2.15. The van der Waals surface area contributed by atoms with E-state index in [4.69, 9.17) is 0 Å². The van der Waals surface area contributed by atoms with Gasteiger partial charge in [-0.25, -0.2) is 0 Å². The van der Waals surface area contributed by atoms with Crippen LogP contribution in [0.5, 0.6) is 0 Å². The molecule has 4 heteroatoms. The highest BCUT2D eigenvalue weighted by atomic mass is 32.1. The Hall–Kier alpha value is -0.870. The van der Waals surface area contributed by atoms with Crippen LogP contribution >= 0.6 is 11.3 Å². The number of thiophene rings is 1. The van der Waals surface area contributed by atoms with Crippen LogP contribution in [0.3, 0.4) is 0 Å². The monoisotopic (exact) mass is 254 g/mol. The van der Waals surface area contributed by atoms with Gasteiger partial charge in [0.2, 0.25) is 5.91 Å². The third kappa shape index (κ3) is 4.88. The fourth-order valence-electron chi connectivity index (χ4n) is 1.61. The maximum atomic E-state index is 11.8. The van der Waals surface area contributed by atoms with Gasteiger partial charge in [-0.3, -0.25) is 10.1 Å². The van der Waals surface area contributed by atoms with Gasteiger partial charge in [-0.1, -0.05) is 19.4 Å². The zero-order chi connectivity index (χ0) is 12.7. The van der Waals surface area contributed by atoms with Crippen molar-refractivity contribution in [1.82, 2.24) is 10.6 Å². The topological polar surface area (TPSA) is 41.1 Å². The number of nitrogens with one attached hydrogen (secondary N) is 2. The smallest absolute Gasteiger partial charge is 0.236 e. The fraction of sp³-hybridized carbons (Fsp3) is 0.615. The van der Waals surface area contributed by atoms with Crippen LogP contribution in [0, 0.1) is 0 Å². The van der Waals surface area contributed by atoms with Crippen LogP contribution in [0.2, 0.25) is 0 Å². The molecule has 0 radical (unpaired) electrons. The Kier molecular flexibility index (Phi) is 6.22. The van der Waals surface area contributed by atoms with Crippen LogP contribution in [0.15, 0.2) is 17.5 Å². The molecule has 3 nitrogen and oxygen atoms in total. The van der Waals surface area contributed by atoms with Crippen molar-refractivity contribution in [2.75, 3.05) is 6.54 Å². The van der Waals surface area contributed by atoms with Crippen LogP contribution < -0.4 is 10.6 Å². The van der Waals surface area contributed by atoms with E-state index in [-0.39, 0.29) is 18.0 Å². The summed E-state index contributed by atoms with van der Waals surface area (Å²) in [5.74, 6) is 0.0851. The average Bonchev–Trinajstić information content (AvgIpc) is 2.82. The molecule has 0 aliphatic rings. The van der Waals surface area contributed by atoms with E-state index in [1.807, 2.05) is 13.0 Å². The largest absolute Gasteiger partial charge is 0.355 e. The summed E-state index contributed by atoms with van der Waals surface area (Å²) in [6, 6.07) is 4.19. The first-order valence-corrected chi connectivity index (χ1v) is 7.10. The third-order valence-corrected chi connectivity index (χ3v) is 3.75. The molecule has 96 valence electrons. The van der Waals surface area contributed by atoms with E-state index in [0.29, 0.717) is 0 Å². The van der Waals surface area contributed by atoms with E-state index in [1.165, 1.54) is 4.88 Å². The Bertz CT molecular complexity index is 324. The van der Waals surface area contributed by atoms with Crippen LogP contribution in [0.4, 0.5) is 0 Å². The molecule has 1 rings (SSSR count). The molecule has 2 unspecified atom stereocenters. The Morgan fingerprint density at radius 2 is 2.24 bits per heavy atom. The normalized spacial score (nSPS) is 14.3. The maximum Gasteiger partial charge on any atom is 0.236 e. The van der Waals surface area contributed by atoms with Gasteiger partial charge in [-0.05, 0) is 31.7 Å². The number of rotatable bonds is 7. The molecule has 2 atom stereocenters. The molecule has 0 spiro atoms. The second-order valence-electron chi connectivity index (χ2n) is 4.27. The number of hydrogen-bond acceptors (Lipinski definition) is 3. The Balaban J connectivity index is 2.32. The van der Waals surface area contributed by atoms with Gasteiger partial charge in [0.1, 0.15) is 0 Å². The summed E-state index contributed by atoms with van der Waals surface area (Å²) >= 11 is 1.71. The van der Waals surface area contributed by atoms with E-state index < -0.39 is 0 Å². The van der Waals surface area contributed by atoms with Gasteiger partial charge < -0.3 is 5.32 Å². The Morgan fingerprint density at radius 3 is 2.82 bits per heavy atom. The molecular weight excluding hydrogens is 232 g/mol. The van der Waals surface area contributed by atoms with Gasteiger partial charge in [-0.2, -0.15) is 0 Å². The highest BCUT2D eigenvalue weighted by molar-refractivity contribution is 7.10. The quantitative estimate of drug-likeness (QED) is 0.735. The third-order valence-electron chi connectivity index (χ3n) is 2.69. The van der Waals surface area contributed by atoms with Crippen LogP contribution in [0.1, 0.15) is 44.5 Å². The highest BCUT2D eigenvalue weighted by Crippen LogP contribution is 2.18. The second-order valence-corrected chi connectivity index (χ2v) is 5.25. The molecule has 17 heavy (non-hydrogen) atoms. The van der Waals surface area contributed by atoms with Crippen molar-refractivity contribution in [2.45, 2.75) is 45.7 Å². The summed E-state index contributed by atoms with van der Waals surface area (Å²) in [4.78, 5) is 13.0. The number of carbonyl (C=O) groups excluding carboxylic acids is 1. The SMILES string of the molecule is CCCCNC(=O)C(C)NC(C)c1cccs1. The number of carbonyl (C=O) groups is 1. The first kappa shape index (κ1) is 14.2. The van der Waals surface area contributed by atoms with Gasteiger partial charge in [0, 0.05) is 17.5 Å². The lowest BCUT2D eigenvalue weighted by Crippen LogP contribution is -2.43. The summed E-state index contributed by atoms with van der Waals surface area (Å²) in [6.45, 7) is 6.88. The van der Waals surface area contributed by atoms with E-state index in [2.05, 4.69) is 35.9 Å². The van der Waals surface area contributed by atoms with Gasteiger partial charge in [0.05, 0.1) is 6.04 Å². The summed E-state index contributed by atoms with van der Waals surface area (Å²) < 4.78 is 0. The molecule has 0 saturated heterocycles. The van der Waals surface area contributed by atoms with Gasteiger partial charge in [0.25, 0.3) is 0 Å². The predicted molar refractivity (Wildman–Crippen MR) is 73.2 cm³/mol. The van der Waals surface area contributed by atoms with E-state index in [1.54, 1.807) is 11.3 Å². The van der Waals surface area contributed by atoms with Crippen LogP contribution in [-0.2, 0) is 4.79 Å². The molecule has 2 N–H and O–H groups in total. The summed E-state index contributed by atoms with van der Waals surface area (Å²) in [7, 11) is 0. The summed E-state index contributed by atoms with van der Waals surface area (Å²) in [5.41, 5.74) is 0. The van der Waals surface area contributed by atoms with Gasteiger partial charge in [-0.15, -0.1) is 11.3 Å². The lowest BCUT2D eigenvalue weighted by atomic mass is 10.2. The van der Waals surface area contributed by atoms with Crippen molar-refractivity contribution < 1.29 is 4.79 Å². The first-order chi connectivity index (χ1) is 8.15. The minimum absolute atomic E-state index is 0.0851. The molecule has 0 aliphatic heterocycles. The fourth-order valence-corrected chi connectivity index (χ4v) is 2.36. The molecule has 0 aromatic carbocycles. The maximum absolute atomic E-state index is 11.8. The minimum atomic E-state index is -0.149. The van der Waals surface area contributed by atoms with E-state index >= 15 is 0 Å². The number of unbranched alkanes of at least 4 members (excludes halogenated alkanes) is 1. The molecular formula is C13H22N2OS. The van der Waals surface area contributed by atoms with Crippen LogP contribution in [0.25, 0.3) is 0 Å². The average molecular weight is 254 g/mol.